The number of nitrogens with two attached hydrogens (primary N) is 1. The van der Waals surface area contributed by atoms with Gasteiger partial charge >= 0.3 is 0 Å². The summed E-state index contributed by atoms with van der Waals surface area (Å²) in [4.78, 5) is 22.7. The van der Waals surface area contributed by atoms with E-state index in [1.54, 1.807) is 19.2 Å². The summed E-state index contributed by atoms with van der Waals surface area (Å²) in [6.45, 7) is 1.84. The molecule has 0 atom stereocenters. The van der Waals surface area contributed by atoms with Crippen LogP contribution in [-0.2, 0) is 22.7 Å². The number of nitrogens with zero attached hydrogens (tertiary/aromatic N) is 4. The number of aromatic nitrogens is 4. The molecule has 0 spiro atoms. The number of hydrogen-bond acceptors (Lipinski definition) is 7. The lowest BCUT2D eigenvalue weighted by Gasteiger charge is -2.00. The topological polar surface area (TPSA) is 141 Å². The molecule has 10 nitrogen and oxygen atoms in total. The van der Waals surface area contributed by atoms with Crippen LogP contribution in [0.4, 0.5) is 5.88 Å². The maximum atomic E-state index is 11.7. The third kappa shape index (κ3) is 4.38. The monoisotopic (exact) mass is 293 g/mol. The van der Waals surface area contributed by atoms with E-state index in [2.05, 4.69) is 26.1 Å². The maximum absolute atomic E-state index is 11.7. The van der Waals surface area contributed by atoms with E-state index in [1.165, 1.54) is 4.68 Å². The van der Waals surface area contributed by atoms with Crippen LogP contribution in [0.1, 0.15) is 11.4 Å². The molecule has 0 aromatic carbocycles. The lowest BCUT2D eigenvalue weighted by atomic mass is 10.4. The maximum Gasteiger partial charge on any atom is 0.248 e. The highest BCUT2D eigenvalue weighted by molar-refractivity contribution is 5.89. The van der Waals surface area contributed by atoms with Gasteiger partial charge in [0.05, 0.1) is 25.0 Å². The van der Waals surface area contributed by atoms with Crippen molar-refractivity contribution in [3.05, 3.63) is 23.7 Å². The average molecular weight is 293 g/mol. The summed E-state index contributed by atoms with van der Waals surface area (Å²) in [7, 11) is 0. The normalized spacial score (nSPS) is 10.4. The van der Waals surface area contributed by atoms with Gasteiger partial charge in [0.1, 0.15) is 12.2 Å². The van der Waals surface area contributed by atoms with Crippen molar-refractivity contribution < 1.29 is 14.1 Å². The Hall–Kier alpha value is -2.75. The third-order valence-corrected chi connectivity index (χ3v) is 2.43. The first kappa shape index (κ1) is 14.7. The van der Waals surface area contributed by atoms with Gasteiger partial charge in [0, 0.05) is 6.07 Å². The number of anilines is 1. The van der Waals surface area contributed by atoms with Crippen molar-refractivity contribution in [3.63, 3.8) is 0 Å². The highest BCUT2D eigenvalue weighted by Crippen LogP contribution is 2.08. The summed E-state index contributed by atoms with van der Waals surface area (Å²) < 4.78 is 6.22. The third-order valence-electron chi connectivity index (χ3n) is 2.43. The molecule has 0 saturated carbocycles. The molecular weight excluding hydrogens is 278 g/mol. The molecule has 112 valence electrons. The molecule has 10 heteroatoms. The highest BCUT2D eigenvalue weighted by Gasteiger charge is 2.09. The predicted octanol–water partition coefficient (Wildman–Crippen LogP) is -1.21. The first-order valence-corrected chi connectivity index (χ1v) is 6.16. The second-order valence-corrected chi connectivity index (χ2v) is 4.27. The molecule has 2 rings (SSSR count). The predicted molar refractivity (Wildman–Crippen MR) is 70.8 cm³/mol. The van der Waals surface area contributed by atoms with E-state index in [0.29, 0.717) is 11.4 Å². The van der Waals surface area contributed by atoms with E-state index in [-0.39, 0.29) is 37.3 Å². The van der Waals surface area contributed by atoms with Crippen LogP contribution in [0.3, 0.4) is 0 Å². The zero-order chi connectivity index (χ0) is 15.2. The standard InChI is InChI=1S/C11H15N7O3/c1-7-2-11(21-16-7)14-10(20)6-18-5-8(15-17-18)4-13-9(19)3-12/h2,5H,3-4,6,12H2,1H3,(H,13,19)(H,14,20). The largest absolute Gasteiger partial charge is 0.349 e. The Bertz CT molecular complexity index is 633. The number of hydrogen-bond donors (Lipinski definition) is 3. The molecule has 2 aromatic heterocycles. The molecule has 0 aliphatic rings. The summed E-state index contributed by atoms with van der Waals surface area (Å²) in [5.74, 6) is -0.343. The van der Waals surface area contributed by atoms with E-state index in [1.807, 2.05) is 0 Å². The smallest absolute Gasteiger partial charge is 0.248 e. The van der Waals surface area contributed by atoms with Gasteiger partial charge in [0.15, 0.2) is 0 Å². The van der Waals surface area contributed by atoms with Crippen LogP contribution in [0.25, 0.3) is 0 Å². The highest BCUT2D eigenvalue weighted by atomic mass is 16.5. The lowest BCUT2D eigenvalue weighted by Crippen LogP contribution is -2.29. The molecule has 0 unspecified atom stereocenters. The second-order valence-electron chi connectivity index (χ2n) is 4.27. The van der Waals surface area contributed by atoms with Crippen LogP contribution in [0, 0.1) is 6.92 Å². The molecular formula is C11H15N7O3. The Labute approximate surface area is 119 Å². The minimum atomic E-state index is -0.325. The molecule has 4 N–H and O–H groups in total. The van der Waals surface area contributed by atoms with Crippen LogP contribution in [0.5, 0.6) is 0 Å². The van der Waals surface area contributed by atoms with Crippen molar-refractivity contribution >= 4 is 17.7 Å². The molecule has 0 radical (unpaired) electrons. The van der Waals surface area contributed by atoms with Crippen molar-refractivity contribution in [2.24, 2.45) is 5.73 Å². The summed E-state index contributed by atoms with van der Waals surface area (Å²) in [6.07, 6.45) is 1.56. The summed E-state index contributed by atoms with van der Waals surface area (Å²) >= 11 is 0. The number of carbonyl (C=O) groups excluding carboxylic acids is 2. The van der Waals surface area contributed by atoms with Crippen molar-refractivity contribution in [2.45, 2.75) is 20.0 Å². The Morgan fingerprint density at radius 2 is 2.24 bits per heavy atom. The number of carbonyl (C=O) groups is 2. The van der Waals surface area contributed by atoms with Crippen LogP contribution in [0.2, 0.25) is 0 Å². The molecule has 2 aromatic rings. The van der Waals surface area contributed by atoms with Gasteiger partial charge in [-0.2, -0.15) is 0 Å². The number of rotatable bonds is 6. The fourth-order valence-corrected chi connectivity index (χ4v) is 1.50. The molecule has 2 heterocycles. The van der Waals surface area contributed by atoms with Crippen LogP contribution in [-0.4, -0.2) is 38.5 Å². The number of aryl methyl sites for hydroxylation is 1. The first-order valence-electron chi connectivity index (χ1n) is 6.16. The quantitative estimate of drug-likeness (QED) is 0.606. The van der Waals surface area contributed by atoms with Gasteiger partial charge in [-0.25, -0.2) is 4.68 Å². The molecule has 21 heavy (non-hydrogen) atoms. The fourth-order valence-electron chi connectivity index (χ4n) is 1.50. The van der Waals surface area contributed by atoms with E-state index < -0.39 is 0 Å². The van der Waals surface area contributed by atoms with E-state index >= 15 is 0 Å². The molecule has 0 aliphatic carbocycles. The van der Waals surface area contributed by atoms with Crippen molar-refractivity contribution in [3.8, 4) is 0 Å². The van der Waals surface area contributed by atoms with E-state index in [4.69, 9.17) is 10.3 Å². The van der Waals surface area contributed by atoms with Gasteiger partial charge in [0.2, 0.25) is 17.7 Å². The number of nitrogens with one attached hydrogen (secondary N) is 2. The second kappa shape index (κ2) is 6.61. The van der Waals surface area contributed by atoms with Crippen molar-refractivity contribution in [2.75, 3.05) is 11.9 Å². The van der Waals surface area contributed by atoms with E-state index in [9.17, 15) is 9.59 Å². The van der Waals surface area contributed by atoms with Crippen molar-refractivity contribution in [1.29, 1.82) is 0 Å². The minimum Gasteiger partial charge on any atom is -0.349 e. The molecule has 0 fully saturated rings. The van der Waals surface area contributed by atoms with Gasteiger partial charge < -0.3 is 15.6 Å². The van der Waals surface area contributed by atoms with Crippen LogP contribution >= 0.6 is 0 Å². The lowest BCUT2D eigenvalue weighted by molar-refractivity contribution is -0.120. The molecule has 0 aliphatic heterocycles. The first-order chi connectivity index (χ1) is 10.1. The minimum absolute atomic E-state index is 0.0302. The summed E-state index contributed by atoms with van der Waals surface area (Å²) in [5.41, 5.74) is 6.36. The van der Waals surface area contributed by atoms with E-state index in [0.717, 1.165) is 0 Å². The van der Waals surface area contributed by atoms with Gasteiger partial charge in [-0.15, -0.1) is 5.10 Å². The van der Waals surface area contributed by atoms with Gasteiger partial charge in [-0.05, 0) is 6.92 Å². The Balaban J connectivity index is 1.84. The van der Waals surface area contributed by atoms with Crippen LogP contribution in [0.15, 0.2) is 16.8 Å². The Morgan fingerprint density at radius 1 is 1.43 bits per heavy atom. The van der Waals surface area contributed by atoms with Crippen LogP contribution < -0.4 is 16.4 Å². The number of amides is 2. The average Bonchev–Trinajstić information content (AvgIpc) is 3.05. The summed E-state index contributed by atoms with van der Waals surface area (Å²) in [6, 6.07) is 1.60. The Kier molecular flexibility index (Phi) is 4.61. The van der Waals surface area contributed by atoms with Crippen molar-refractivity contribution in [1.82, 2.24) is 25.5 Å². The molecule has 0 bridgehead atoms. The fraction of sp³-hybridized carbons (Fsp3) is 0.364. The SMILES string of the molecule is Cc1cc(NC(=O)Cn2cc(CNC(=O)CN)nn2)on1. The zero-order valence-electron chi connectivity index (χ0n) is 11.4. The van der Waals surface area contributed by atoms with Gasteiger partial charge in [0.25, 0.3) is 0 Å². The summed E-state index contributed by atoms with van der Waals surface area (Å²) in [5, 5.41) is 16.4. The zero-order valence-corrected chi connectivity index (χ0v) is 11.4. The Morgan fingerprint density at radius 3 is 2.90 bits per heavy atom. The molecule has 0 saturated heterocycles. The molecule has 2 amide bonds. The van der Waals surface area contributed by atoms with Gasteiger partial charge in [-0.3, -0.25) is 14.9 Å². The van der Waals surface area contributed by atoms with Gasteiger partial charge in [-0.1, -0.05) is 10.4 Å².